The molecule has 1 aromatic carbocycles. The Bertz CT molecular complexity index is 319. The van der Waals surface area contributed by atoms with E-state index in [1.807, 2.05) is 44.2 Å². The quantitative estimate of drug-likeness (QED) is 0.741. The molecular weight excluding hydrogens is 204 g/mol. The van der Waals surface area contributed by atoms with Gasteiger partial charge < -0.3 is 9.47 Å². The number of methoxy groups -OCH3 is 1. The molecule has 0 aliphatic rings. The molecule has 88 valence electrons. The second kappa shape index (κ2) is 6.40. The summed E-state index contributed by atoms with van der Waals surface area (Å²) in [5.74, 6) is -0.0533. The molecule has 0 aromatic heterocycles. The Balaban J connectivity index is 2.64. The Morgan fingerprint density at radius 1 is 1.25 bits per heavy atom. The monoisotopic (exact) mass is 222 g/mol. The zero-order valence-corrected chi connectivity index (χ0v) is 9.97. The minimum Gasteiger partial charge on any atom is -0.371 e. The second-order valence-electron chi connectivity index (χ2n) is 3.85. The summed E-state index contributed by atoms with van der Waals surface area (Å²) in [5.41, 5.74) is 0.863. The number of benzene rings is 1. The van der Waals surface area contributed by atoms with E-state index in [2.05, 4.69) is 0 Å². The Kier molecular flexibility index (Phi) is 5.15. The molecule has 0 bridgehead atoms. The highest BCUT2D eigenvalue weighted by Gasteiger charge is 2.19. The van der Waals surface area contributed by atoms with Crippen LogP contribution in [0, 0.1) is 0 Å². The smallest absolute Gasteiger partial charge is 0.191 e. The highest BCUT2D eigenvalue weighted by atomic mass is 16.5. The average Bonchev–Trinajstić information content (AvgIpc) is 2.29. The summed E-state index contributed by atoms with van der Waals surface area (Å²) in [6, 6.07) is 9.43. The second-order valence-corrected chi connectivity index (χ2v) is 3.85. The maximum absolute atomic E-state index is 11.8. The van der Waals surface area contributed by atoms with Crippen LogP contribution in [-0.2, 0) is 14.3 Å². The van der Waals surface area contributed by atoms with Gasteiger partial charge in [-0.15, -0.1) is 0 Å². The zero-order valence-electron chi connectivity index (χ0n) is 9.97. The van der Waals surface area contributed by atoms with Crippen molar-refractivity contribution in [3.8, 4) is 0 Å². The van der Waals surface area contributed by atoms with Gasteiger partial charge in [0.2, 0.25) is 0 Å². The summed E-state index contributed by atoms with van der Waals surface area (Å²) in [4.78, 5) is 11.8. The molecule has 0 amide bonds. The van der Waals surface area contributed by atoms with Crippen LogP contribution in [0.5, 0.6) is 0 Å². The highest BCUT2D eigenvalue weighted by Crippen LogP contribution is 2.17. The van der Waals surface area contributed by atoms with Crippen molar-refractivity contribution in [1.29, 1.82) is 0 Å². The number of Topliss-reactive ketones (excluding diaryl/α,β-unsaturated/α-hetero) is 1. The van der Waals surface area contributed by atoms with Gasteiger partial charge in [0.05, 0.1) is 6.10 Å². The van der Waals surface area contributed by atoms with Gasteiger partial charge in [-0.05, 0) is 19.4 Å². The van der Waals surface area contributed by atoms with Crippen LogP contribution in [0.3, 0.4) is 0 Å². The SMILES string of the molecule is COC(C(=O)COC(C)C)c1ccccc1. The lowest BCUT2D eigenvalue weighted by atomic mass is 10.1. The number of hydrogen-bond donors (Lipinski definition) is 0. The first-order chi connectivity index (χ1) is 7.65. The molecule has 1 aromatic rings. The van der Waals surface area contributed by atoms with E-state index in [1.165, 1.54) is 7.11 Å². The fourth-order valence-electron chi connectivity index (χ4n) is 1.41. The fourth-order valence-corrected chi connectivity index (χ4v) is 1.41. The molecule has 0 saturated carbocycles. The lowest BCUT2D eigenvalue weighted by Crippen LogP contribution is -2.21. The third-order valence-electron chi connectivity index (χ3n) is 2.19. The molecule has 0 aliphatic heterocycles. The number of ketones is 1. The molecule has 0 saturated heterocycles. The van der Waals surface area contributed by atoms with Crippen LogP contribution in [0.15, 0.2) is 30.3 Å². The maximum Gasteiger partial charge on any atom is 0.191 e. The number of carbonyl (C=O) groups is 1. The summed E-state index contributed by atoms with van der Waals surface area (Å²) < 4.78 is 10.5. The molecule has 0 N–H and O–H groups in total. The van der Waals surface area contributed by atoms with Gasteiger partial charge in [0.15, 0.2) is 5.78 Å². The van der Waals surface area contributed by atoms with Crippen LogP contribution in [0.4, 0.5) is 0 Å². The zero-order chi connectivity index (χ0) is 12.0. The van der Waals surface area contributed by atoms with Crippen LogP contribution in [0.1, 0.15) is 25.5 Å². The first-order valence-corrected chi connectivity index (χ1v) is 5.37. The lowest BCUT2D eigenvalue weighted by molar-refractivity contribution is -0.135. The minimum atomic E-state index is -0.528. The van der Waals surface area contributed by atoms with Crippen LogP contribution < -0.4 is 0 Å². The van der Waals surface area contributed by atoms with Gasteiger partial charge in [0.1, 0.15) is 12.7 Å². The Morgan fingerprint density at radius 2 is 1.88 bits per heavy atom. The standard InChI is InChI=1S/C13H18O3/c1-10(2)16-9-12(14)13(15-3)11-7-5-4-6-8-11/h4-8,10,13H,9H2,1-3H3. The third kappa shape index (κ3) is 3.76. The van der Waals surface area contributed by atoms with E-state index in [-0.39, 0.29) is 18.5 Å². The molecule has 0 spiro atoms. The van der Waals surface area contributed by atoms with Crippen molar-refractivity contribution in [2.45, 2.75) is 26.1 Å². The van der Waals surface area contributed by atoms with Crippen molar-refractivity contribution < 1.29 is 14.3 Å². The molecule has 0 fully saturated rings. The molecule has 3 nitrogen and oxygen atoms in total. The largest absolute Gasteiger partial charge is 0.371 e. The van der Waals surface area contributed by atoms with E-state index < -0.39 is 6.10 Å². The molecule has 1 atom stereocenters. The van der Waals surface area contributed by atoms with Crippen molar-refractivity contribution in [1.82, 2.24) is 0 Å². The van der Waals surface area contributed by atoms with E-state index in [4.69, 9.17) is 9.47 Å². The van der Waals surface area contributed by atoms with Crippen molar-refractivity contribution in [3.05, 3.63) is 35.9 Å². The van der Waals surface area contributed by atoms with E-state index in [0.29, 0.717) is 0 Å². The Labute approximate surface area is 96.4 Å². The van der Waals surface area contributed by atoms with E-state index >= 15 is 0 Å². The van der Waals surface area contributed by atoms with Crippen LogP contribution in [0.2, 0.25) is 0 Å². The molecule has 1 rings (SSSR count). The van der Waals surface area contributed by atoms with Crippen molar-refractivity contribution in [2.75, 3.05) is 13.7 Å². The predicted octanol–water partition coefficient (Wildman–Crippen LogP) is 2.37. The number of rotatable bonds is 6. The normalized spacial score (nSPS) is 12.8. The maximum atomic E-state index is 11.8. The molecule has 16 heavy (non-hydrogen) atoms. The molecule has 3 heteroatoms. The van der Waals surface area contributed by atoms with Gasteiger partial charge in [-0.25, -0.2) is 0 Å². The molecular formula is C13H18O3. The van der Waals surface area contributed by atoms with Gasteiger partial charge >= 0.3 is 0 Å². The van der Waals surface area contributed by atoms with Gasteiger partial charge in [-0.1, -0.05) is 30.3 Å². The van der Waals surface area contributed by atoms with Crippen LogP contribution >= 0.6 is 0 Å². The average molecular weight is 222 g/mol. The fraction of sp³-hybridized carbons (Fsp3) is 0.462. The van der Waals surface area contributed by atoms with Crippen molar-refractivity contribution in [3.63, 3.8) is 0 Å². The number of carbonyl (C=O) groups excluding carboxylic acids is 1. The Morgan fingerprint density at radius 3 is 2.38 bits per heavy atom. The van der Waals surface area contributed by atoms with Gasteiger partial charge in [-0.3, -0.25) is 4.79 Å². The van der Waals surface area contributed by atoms with Gasteiger partial charge in [-0.2, -0.15) is 0 Å². The summed E-state index contributed by atoms with van der Waals surface area (Å²) in [5, 5.41) is 0. The van der Waals surface area contributed by atoms with Crippen molar-refractivity contribution in [2.24, 2.45) is 0 Å². The van der Waals surface area contributed by atoms with E-state index in [9.17, 15) is 4.79 Å². The molecule has 1 unspecified atom stereocenters. The first kappa shape index (κ1) is 12.9. The summed E-state index contributed by atoms with van der Waals surface area (Å²) in [6.45, 7) is 3.89. The van der Waals surface area contributed by atoms with E-state index in [0.717, 1.165) is 5.56 Å². The topological polar surface area (TPSA) is 35.5 Å². The summed E-state index contributed by atoms with van der Waals surface area (Å²) in [7, 11) is 1.53. The first-order valence-electron chi connectivity index (χ1n) is 5.37. The summed E-state index contributed by atoms with van der Waals surface area (Å²) in [6.07, 6.45) is -0.475. The molecule has 0 radical (unpaired) electrons. The van der Waals surface area contributed by atoms with Crippen LogP contribution in [0.25, 0.3) is 0 Å². The number of hydrogen-bond acceptors (Lipinski definition) is 3. The third-order valence-corrected chi connectivity index (χ3v) is 2.19. The molecule has 0 heterocycles. The minimum absolute atomic E-state index is 0.0530. The molecule has 0 aliphatic carbocycles. The predicted molar refractivity (Wildman–Crippen MR) is 62.3 cm³/mol. The number of ether oxygens (including phenoxy) is 2. The highest BCUT2D eigenvalue weighted by molar-refractivity contribution is 5.85. The van der Waals surface area contributed by atoms with Gasteiger partial charge in [0.25, 0.3) is 0 Å². The summed E-state index contributed by atoms with van der Waals surface area (Å²) >= 11 is 0. The van der Waals surface area contributed by atoms with Crippen molar-refractivity contribution >= 4 is 5.78 Å². The van der Waals surface area contributed by atoms with Gasteiger partial charge in [0, 0.05) is 7.11 Å². The van der Waals surface area contributed by atoms with Crippen LogP contribution in [-0.4, -0.2) is 25.6 Å². The lowest BCUT2D eigenvalue weighted by Gasteiger charge is -2.15. The Hall–Kier alpha value is -1.19. The van der Waals surface area contributed by atoms with E-state index in [1.54, 1.807) is 0 Å².